The van der Waals surface area contributed by atoms with E-state index in [4.69, 9.17) is 0 Å². The number of nitrogens with zero attached hydrogens (tertiary/aromatic N) is 1. The predicted octanol–water partition coefficient (Wildman–Crippen LogP) is 2.10. The maximum atomic E-state index is 13.0. The number of amides is 2. The molecule has 1 unspecified atom stereocenters. The second kappa shape index (κ2) is 7.52. The lowest BCUT2D eigenvalue weighted by Gasteiger charge is -2.35. The summed E-state index contributed by atoms with van der Waals surface area (Å²) in [4.78, 5) is 26.9. The molecule has 1 aliphatic heterocycles. The second-order valence-electron chi connectivity index (χ2n) is 7.23. The molecule has 1 atom stereocenters. The Morgan fingerprint density at radius 1 is 1.20 bits per heavy atom. The van der Waals surface area contributed by atoms with Crippen molar-refractivity contribution in [1.29, 1.82) is 0 Å². The van der Waals surface area contributed by atoms with Crippen LogP contribution in [0.2, 0.25) is 0 Å². The van der Waals surface area contributed by atoms with Crippen molar-refractivity contribution in [2.24, 2.45) is 5.92 Å². The number of aliphatic hydroxyl groups excluding tert-OH is 1. The first-order valence-electron chi connectivity index (χ1n) is 9.01. The van der Waals surface area contributed by atoms with Gasteiger partial charge in [0, 0.05) is 18.7 Å². The van der Waals surface area contributed by atoms with Crippen molar-refractivity contribution < 1.29 is 19.1 Å². The molecule has 1 heterocycles. The normalized spacial score (nSPS) is 22.6. The quantitative estimate of drug-likeness (QED) is 0.875. The summed E-state index contributed by atoms with van der Waals surface area (Å²) < 4.78 is 13.0. The van der Waals surface area contributed by atoms with Gasteiger partial charge in [0.25, 0.3) is 5.91 Å². The molecule has 6 heteroatoms. The van der Waals surface area contributed by atoms with Crippen molar-refractivity contribution in [2.75, 3.05) is 19.7 Å². The number of piperidine rings is 1. The zero-order chi connectivity index (χ0) is 17.9. The molecule has 0 bridgehead atoms. The maximum absolute atomic E-state index is 13.0. The van der Waals surface area contributed by atoms with E-state index in [0.29, 0.717) is 18.7 Å². The van der Waals surface area contributed by atoms with E-state index in [9.17, 15) is 19.1 Å². The smallest absolute Gasteiger partial charge is 0.253 e. The van der Waals surface area contributed by atoms with Gasteiger partial charge in [0.15, 0.2) is 0 Å². The molecule has 3 rings (SSSR count). The summed E-state index contributed by atoms with van der Waals surface area (Å²) in [5.41, 5.74) is -0.0505. The zero-order valence-corrected chi connectivity index (χ0v) is 14.3. The number of halogens is 1. The Morgan fingerprint density at radius 2 is 1.88 bits per heavy atom. The highest BCUT2D eigenvalue weighted by Gasteiger charge is 2.37. The van der Waals surface area contributed by atoms with Crippen molar-refractivity contribution in [3.63, 3.8) is 0 Å². The third kappa shape index (κ3) is 4.00. The predicted molar refractivity (Wildman–Crippen MR) is 91.5 cm³/mol. The van der Waals surface area contributed by atoms with Gasteiger partial charge in [0.05, 0.1) is 18.1 Å². The average Bonchev–Trinajstić information content (AvgIpc) is 3.11. The van der Waals surface area contributed by atoms with Crippen molar-refractivity contribution in [3.05, 3.63) is 35.6 Å². The van der Waals surface area contributed by atoms with Crippen molar-refractivity contribution in [2.45, 2.75) is 44.1 Å². The van der Waals surface area contributed by atoms with Gasteiger partial charge in [-0.25, -0.2) is 4.39 Å². The van der Waals surface area contributed by atoms with Crippen LogP contribution in [0.15, 0.2) is 24.3 Å². The molecule has 5 nitrogen and oxygen atoms in total. The Balaban J connectivity index is 1.63. The van der Waals surface area contributed by atoms with E-state index in [-0.39, 0.29) is 30.2 Å². The minimum Gasteiger partial charge on any atom is -0.394 e. The molecule has 0 radical (unpaired) electrons. The molecule has 1 saturated carbocycles. The molecule has 2 fully saturated rings. The van der Waals surface area contributed by atoms with Crippen LogP contribution in [0.5, 0.6) is 0 Å². The molecule has 0 spiro atoms. The maximum Gasteiger partial charge on any atom is 0.253 e. The van der Waals surface area contributed by atoms with Gasteiger partial charge in [0.1, 0.15) is 5.82 Å². The number of hydrogen-bond acceptors (Lipinski definition) is 3. The van der Waals surface area contributed by atoms with Crippen LogP contribution in [-0.4, -0.2) is 47.1 Å². The minimum atomic E-state index is -0.486. The van der Waals surface area contributed by atoms with E-state index < -0.39 is 5.54 Å². The Bertz CT molecular complexity index is 626. The van der Waals surface area contributed by atoms with Gasteiger partial charge in [-0.1, -0.05) is 12.8 Å². The van der Waals surface area contributed by atoms with Gasteiger partial charge in [0.2, 0.25) is 5.91 Å². The molecule has 1 saturated heterocycles. The van der Waals surface area contributed by atoms with Crippen LogP contribution in [-0.2, 0) is 4.79 Å². The summed E-state index contributed by atoms with van der Waals surface area (Å²) >= 11 is 0. The minimum absolute atomic E-state index is 0.0380. The zero-order valence-electron chi connectivity index (χ0n) is 14.3. The molecule has 2 N–H and O–H groups in total. The van der Waals surface area contributed by atoms with E-state index in [1.54, 1.807) is 4.90 Å². The number of benzene rings is 1. The molecule has 1 aromatic rings. The first-order chi connectivity index (χ1) is 12.0. The van der Waals surface area contributed by atoms with Gasteiger partial charge in [-0.2, -0.15) is 0 Å². The van der Waals surface area contributed by atoms with Crippen LogP contribution in [0.3, 0.4) is 0 Å². The highest BCUT2D eigenvalue weighted by atomic mass is 19.1. The summed E-state index contributed by atoms with van der Waals surface area (Å²) in [6.45, 7) is 0.929. The first-order valence-corrected chi connectivity index (χ1v) is 9.01. The molecule has 1 aromatic carbocycles. The highest BCUT2D eigenvalue weighted by Crippen LogP contribution is 2.30. The molecule has 25 heavy (non-hydrogen) atoms. The molecule has 136 valence electrons. The molecule has 0 aromatic heterocycles. The number of carbonyl (C=O) groups excluding carboxylic acids is 2. The first kappa shape index (κ1) is 17.9. The topological polar surface area (TPSA) is 69.6 Å². The van der Waals surface area contributed by atoms with Gasteiger partial charge in [-0.15, -0.1) is 0 Å². The summed E-state index contributed by atoms with van der Waals surface area (Å²) in [6.07, 6.45) is 5.14. The Hall–Kier alpha value is -1.95. The van der Waals surface area contributed by atoms with Crippen LogP contribution in [0.1, 0.15) is 48.9 Å². The van der Waals surface area contributed by atoms with Gasteiger partial charge < -0.3 is 15.3 Å². The number of carbonyl (C=O) groups is 2. The molecular formula is C19H25FN2O3. The lowest BCUT2D eigenvalue weighted by Crippen LogP contribution is -2.54. The molecule has 2 aliphatic rings. The summed E-state index contributed by atoms with van der Waals surface area (Å²) in [7, 11) is 0. The van der Waals surface area contributed by atoms with Crippen molar-refractivity contribution in [1.82, 2.24) is 10.2 Å². The number of hydrogen-bond donors (Lipinski definition) is 2. The lowest BCUT2D eigenvalue weighted by molar-refractivity contribution is -0.128. The average molecular weight is 348 g/mol. The third-order valence-electron chi connectivity index (χ3n) is 5.42. The van der Waals surface area contributed by atoms with Gasteiger partial charge in [-0.3, -0.25) is 9.59 Å². The van der Waals surface area contributed by atoms with Gasteiger partial charge in [-0.05, 0) is 49.9 Å². The van der Waals surface area contributed by atoms with Crippen LogP contribution >= 0.6 is 0 Å². The fourth-order valence-corrected chi connectivity index (χ4v) is 3.89. The van der Waals surface area contributed by atoms with E-state index in [1.807, 2.05) is 0 Å². The Morgan fingerprint density at radius 3 is 2.52 bits per heavy atom. The molecule has 1 aliphatic carbocycles. The lowest BCUT2D eigenvalue weighted by atomic mass is 9.93. The number of rotatable bonds is 4. The van der Waals surface area contributed by atoms with Crippen molar-refractivity contribution >= 4 is 11.8 Å². The highest BCUT2D eigenvalue weighted by molar-refractivity contribution is 5.94. The standard InChI is InChI=1S/C19H25FN2O3/c20-16-7-5-14(6-8-16)18(25)22-11-3-4-15(12-22)17(24)21-19(13-23)9-1-2-10-19/h5-8,15,23H,1-4,9-13H2,(H,21,24). The summed E-state index contributed by atoms with van der Waals surface area (Å²) in [5.74, 6) is -0.886. The third-order valence-corrected chi connectivity index (χ3v) is 5.42. The van der Waals surface area contributed by atoms with Crippen LogP contribution in [0.4, 0.5) is 4.39 Å². The van der Waals surface area contributed by atoms with Crippen molar-refractivity contribution in [3.8, 4) is 0 Å². The fourth-order valence-electron chi connectivity index (χ4n) is 3.89. The van der Waals surface area contributed by atoms with Gasteiger partial charge >= 0.3 is 0 Å². The molecular weight excluding hydrogens is 323 g/mol. The van der Waals surface area contributed by atoms with E-state index in [2.05, 4.69) is 5.32 Å². The Kier molecular flexibility index (Phi) is 5.37. The number of likely N-dealkylation sites (tertiary alicyclic amines) is 1. The van der Waals surface area contributed by atoms with Crippen LogP contribution in [0.25, 0.3) is 0 Å². The monoisotopic (exact) mass is 348 g/mol. The SMILES string of the molecule is O=C(NC1(CO)CCCC1)C1CCCN(C(=O)c2ccc(F)cc2)C1. The second-order valence-corrected chi connectivity index (χ2v) is 7.23. The number of nitrogens with one attached hydrogen (secondary N) is 1. The number of aliphatic hydroxyl groups is 1. The van der Waals surface area contributed by atoms with Crippen LogP contribution in [0, 0.1) is 11.7 Å². The van der Waals surface area contributed by atoms with E-state index in [1.165, 1.54) is 24.3 Å². The largest absolute Gasteiger partial charge is 0.394 e. The Labute approximate surface area is 147 Å². The van der Waals surface area contributed by atoms with Crippen LogP contribution < -0.4 is 5.32 Å². The molecule has 2 amide bonds. The summed E-state index contributed by atoms with van der Waals surface area (Å²) in [5, 5.41) is 12.7. The summed E-state index contributed by atoms with van der Waals surface area (Å²) in [6, 6.07) is 5.49. The van der Waals surface area contributed by atoms with E-state index >= 15 is 0 Å². The van der Waals surface area contributed by atoms with E-state index in [0.717, 1.165) is 38.5 Å². The fraction of sp³-hybridized carbons (Fsp3) is 0.579.